The molecule has 0 saturated carbocycles. The van der Waals surface area contributed by atoms with Gasteiger partial charge in [-0.25, -0.2) is 4.39 Å². The van der Waals surface area contributed by atoms with Gasteiger partial charge in [0.05, 0.1) is 16.5 Å². The summed E-state index contributed by atoms with van der Waals surface area (Å²) in [7, 11) is 0. The SMILES string of the molecule is O=[N+]([O-])c1ccccc1C1c2cccn2CCCN1Cc1ccccc1F. The predicted molar refractivity (Wildman–Crippen MR) is 101 cm³/mol. The van der Waals surface area contributed by atoms with Crippen molar-refractivity contribution in [2.75, 3.05) is 6.54 Å². The standard InChI is InChI=1S/C21H20FN3O2/c22-18-9-3-1-7-16(18)15-24-14-6-13-23-12-5-11-20(23)21(24)17-8-2-4-10-19(17)25(26)27/h1-5,7-12,21H,6,13-15H2. The quantitative estimate of drug-likeness (QED) is 0.504. The zero-order valence-electron chi connectivity index (χ0n) is 14.8. The van der Waals surface area contributed by atoms with Crippen molar-refractivity contribution < 1.29 is 9.31 Å². The maximum atomic E-state index is 14.3. The van der Waals surface area contributed by atoms with E-state index in [9.17, 15) is 14.5 Å². The third-order valence-electron chi connectivity index (χ3n) is 5.11. The summed E-state index contributed by atoms with van der Waals surface area (Å²) in [6.07, 6.45) is 2.90. The molecule has 1 atom stereocenters. The van der Waals surface area contributed by atoms with Gasteiger partial charge in [-0.2, -0.15) is 0 Å². The van der Waals surface area contributed by atoms with Crippen LogP contribution in [0.15, 0.2) is 66.9 Å². The smallest absolute Gasteiger partial charge is 0.274 e. The normalized spacial score (nSPS) is 17.3. The lowest BCUT2D eigenvalue weighted by atomic mass is 9.99. The molecule has 0 saturated heterocycles. The number of nitro benzene ring substituents is 1. The van der Waals surface area contributed by atoms with Crippen molar-refractivity contribution in [1.82, 2.24) is 9.47 Å². The average Bonchev–Trinajstić information content (AvgIpc) is 3.05. The zero-order valence-corrected chi connectivity index (χ0v) is 14.8. The van der Waals surface area contributed by atoms with Gasteiger partial charge in [-0.05, 0) is 24.6 Å². The van der Waals surface area contributed by atoms with Crippen molar-refractivity contribution in [3.63, 3.8) is 0 Å². The van der Waals surface area contributed by atoms with Crippen molar-refractivity contribution in [2.45, 2.75) is 25.6 Å². The van der Waals surface area contributed by atoms with Gasteiger partial charge in [0, 0.05) is 43.2 Å². The van der Waals surface area contributed by atoms with Crippen molar-refractivity contribution in [3.8, 4) is 0 Å². The first kappa shape index (κ1) is 17.4. The van der Waals surface area contributed by atoms with Gasteiger partial charge in [0.1, 0.15) is 5.82 Å². The van der Waals surface area contributed by atoms with Gasteiger partial charge in [-0.1, -0.05) is 36.4 Å². The van der Waals surface area contributed by atoms with Gasteiger partial charge in [-0.15, -0.1) is 0 Å². The molecule has 0 fully saturated rings. The Labute approximate surface area is 156 Å². The average molecular weight is 365 g/mol. The highest BCUT2D eigenvalue weighted by Gasteiger charge is 2.32. The van der Waals surface area contributed by atoms with Crippen molar-refractivity contribution >= 4 is 5.69 Å². The molecular weight excluding hydrogens is 345 g/mol. The molecule has 0 aliphatic carbocycles. The van der Waals surface area contributed by atoms with Crippen molar-refractivity contribution in [3.05, 3.63) is 99.6 Å². The van der Waals surface area contributed by atoms with E-state index in [2.05, 4.69) is 9.47 Å². The van der Waals surface area contributed by atoms with E-state index in [1.54, 1.807) is 24.3 Å². The molecule has 4 rings (SSSR count). The number of benzene rings is 2. The minimum absolute atomic E-state index is 0.0932. The van der Waals surface area contributed by atoms with Crippen LogP contribution < -0.4 is 0 Å². The summed E-state index contributed by atoms with van der Waals surface area (Å²) in [4.78, 5) is 13.4. The molecule has 0 amide bonds. The second-order valence-corrected chi connectivity index (χ2v) is 6.76. The first-order chi connectivity index (χ1) is 13.1. The Hall–Kier alpha value is -2.99. The lowest BCUT2D eigenvalue weighted by Gasteiger charge is -2.30. The summed E-state index contributed by atoms with van der Waals surface area (Å²) in [6.45, 7) is 1.97. The fraction of sp³-hybridized carbons (Fsp3) is 0.238. The molecule has 1 aliphatic rings. The molecule has 2 heterocycles. The van der Waals surface area contributed by atoms with Gasteiger partial charge in [-0.3, -0.25) is 15.0 Å². The number of hydrogen-bond donors (Lipinski definition) is 0. The van der Waals surface area contributed by atoms with E-state index in [1.165, 1.54) is 12.1 Å². The Balaban J connectivity index is 1.82. The van der Waals surface area contributed by atoms with Crippen LogP contribution in [-0.4, -0.2) is 20.9 Å². The van der Waals surface area contributed by atoms with E-state index in [0.29, 0.717) is 17.7 Å². The van der Waals surface area contributed by atoms with Gasteiger partial charge in [0.15, 0.2) is 0 Å². The number of nitrogens with zero attached hydrogens (tertiary/aromatic N) is 3. The summed E-state index contributed by atoms with van der Waals surface area (Å²) < 4.78 is 16.4. The van der Waals surface area contributed by atoms with E-state index in [4.69, 9.17) is 0 Å². The highest BCUT2D eigenvalue weighted by Crippen LogP contribution is 2.37. The van der Waals surface area contributed by atoms with Crippen LogP contribution in [0, 0.1) is 15.9 Å². The molecule has 1 aliphatic heterocycles. The van der Waals surface area contributed by atoms with Crippen molar-refractivity contribution in [2.24, 2.45) is 0 Å². The summed E-state index contributed by atoms with van der Waals surface area (Å²) in [6, 6.07) is 17.2. The molecule has 0 bridgehead atoms. The van der Waals surface area contributed by atoms with Crippen molar-refractivity contribution in [1.29, 1.82) is 0 Å². The van der Waals surface area contributed by atoms with Gasteiger partial charge in [0.25, 0.3) is 5.69 Å². The molecule has 0 radical (unpaired) electrons. The number of para-hydroxylation sites is 1. The van der Waals surface area contributed by atoms with E-state index in [1.807, 2.05) is 30.5 Å². The highest BCUT2D eigenvalue weighted by molar-refractivity contribution is 5.45. The molecule has 138 valence electrons. The number of aryl methyl sites for hydroxylation is 1. The first-order valence-electron chi connectivity index (χ1n) is 9.01. The highest BCUT2D eigenvalue weighted by atomic mass is 19.1. The number of halogens is 1. The minimum Gasteiger partial charge on any atom is -0.350 e. The predicted octanol–water partition coefficient (Wildman–Crippen LogP) is 4.53. The Bertz CT molecular complexity index is 969. The molecule has 2 aromatic carbocycles. The number of rotatable bonds is 4. The fourth-order valence-electron chi connectivity index (χ4n) is 3.90. The molecule has 0 N–H and O–H groups in total. The second kappa shape index (κ2) is 7.32. The van der Waals surface area contributed by atoms with E-state index in [-0.39, 0.29) is 22.5 Å². The lowest BCUT2D eigenvalue weighted by molar-refractivity contribution is -0.385. The Morgan fingerprint density at radius 2 is 1.81 bits per heavy atom. The van der Waals surface area contributed by atoms with Crippen LogP contribution in [0.2, 0.25) is 0 Å². The lowest BCUT2D eigenvalue weighted by Crippen LogP contribution is -2.30. The van der Waals surface area contributed by atoms with Crippen LogP contribution in [0.5, 0.6) is 0 Å². The second-order valence-electron chi connectivity index (χ2n) is 6.76. The molecule has 1 unspecified atom stereocenters. The number of fused-ring (bicyclic) bond motifs is 1. The Morgan fingerprint density at radius 1 is 1.04 bits per heavy atom. The Kier molecular flexibility index (Phi) is 4.73. The van der Waals surface area contributed by atoms with Gasteiger partial charge < -0.3 is 4.57 Å². The number of aromatic nitrogens is 1. The maximum Gasteiger partial charge on any atom is 0.274 e. The monoisotopic (exact) mass is 365 g/mol. The number of hydrogen-bond acceptors (Lipinski definition) is 3. The zero-order chi connectivity index (χ0) is 18.8. The van der Waals surface area contributed by atoms with Gasteiger partial charge in [0.2, 0.25) is 0 Å². The van der Waals surface area contributed by atoms with Crippen LogP contribution in [0.1, 0.15) is 29.3 Å². The maximum absolute atomic E-state index is 14.3. The molecule has 27 heavy (non-hydrogen) atoms. The molecule has 0 spiro atoms. The first-order valence-corrected chi connectivity index (χ1v) is 9.01. The van der Waals surface area contributed by atoms with E-state index in [0.717, 1.165) is 25.2 Å². The fourth-order valence-corrected chi connectivity index (χ4v) is 3.90. The third kappa shape index (κ3) is 3.36. The van der Waals surface area contributed by atoms with Crippen LogP contribution in [0.25, 0.3) is 0 Å². The van der Waals surface area contributed by atoms with E-state index >= 15 is 0 Å². The summed E-state index contributed by atoms with van der Waals surface area (Å²) in [5.41, 5.74) is 2.33. The topological polar surface area (TPSA) is 51.3 Å². The molecule has 6 heteroatoms. The molecule has 1 aromatic heterocycles. The van der Waals surface area contributed by atoms with Crippen LogP contribution in [0.4, 0.5) is 10.1 Å². The third-order valence-corrected chi connectivity index (χ3v) is 5.11. The van der Waals surface area contributed by atoms with Crippen LogP contribution in [0.3, 0.4) is 0 Å². The molecule has 5 nitrogen and oxygen atoms in total. The van der Waals surface area contributed by atoms with Gasteiger partial charge >= 0.3 is 0 Å². The van der Waals surface area contributed by atoms with Crippen LogP contribution in [-0.2, 0) is 13.1 Å². The summed E-state index contributed by atoms with van der Waals surface area (Å²) in [5, 5.41) is 11.6. The Morgan fingerprint density at radius 3 is 2.63 bits per heavy atom. The molecule has 3 aromatic rings. The summed E-state index contributed by atoms with van der Waals surface area (Å²) >= 11 is 0. The molecular formula is C21H20FN3O2. The number of nitro groups is 1. The largest absolute Gasteiger partial charge is 0.350 e. The van der Waals surface area contributed by atoms with E-state index < -0.39 is 0 Å². The minimum atomic E-state index is -0.339. The summed E-state index contributed by atoms with van der Waals surface area (Å²) in [5.74, 6) is -0.251. The van der Waals surface area contributed by atoms with Crippen LogP contribution >= 0.6 is 0 Å².